The normalized spacial score (nSPS) is 17.9. The van der Waals surface area contributed by atoms with Gasteiger partial charge in [0.25, 0.3) is 5.91 Å². The molecule has 0 saturated carbocycles. The number of nitrogens with zero attached hydrogens (tertiary/aromatic N) is 3. The van der Waals surface area contributed by atoms with Crippen LogP contribution in [0.25, 0.3) is 11.1 Å². The standard InChI is InChI=1S/C26H26FN3O2/c1-29(2)25(32)26(12-15-30(18-26)24(31)22-8-3-4-9-23(22)27)17-19-6-5-7-21(16-19)20-10-13-28-14-11-20/h3-11,13-14,16H,12,15,17-18H2,1-2H3/t26-/m1/s1. The molecule has 2 amide bonds. The van der Waals surface area contributed by atoms with Gasteiger partial charge in [-0.15, -0.1) is 0 Å². The van der Waals surface area contributed by atoms with Crippen LogP contribution in [0.5, 0.6) is 0 Å². The minimum atomic E-state index is -0.749. The van der Waals surface area contributed by atoms with Gasteiger partial charge in [0.2, 0.25) is 5.91 Å². The fraction of sp³-hybridized carbons (Fsp3) is 0.269. The van der Waals surface area contributed by atoms with Crippen LogP contribution in [0.15, 0.2) is 73.1 Å². The van der Waals surface area contributed by atoms with Crippen LogP contribution in [0.2, 0.25) is 0 Å². The summed E-state index contributed by atoms with van der Waals surface area (Å²) in [6, 6.07) is 18.0. The highest BCUT2D eigenvalue weighted by atomic mass is 19.1. The number of carbonyl (C=O) groups excluding carboxylic acids is 2. The van der Waals surface area contributed by atoms with Gasteiger partial charge in [-0.05, 0) is 53.8 Å². The van der Waals surface area contributed by atoms with Crippen LogP contribution in [0.4, 0.5) is 4.39 Å². The fourth-order valence-corrected chi connectivity index (χ4v) is 4.52. The molecule has 2 aromatic carbocycles. The number of rotatable bonds is 5. The Labute approximate surface area is 187 Å². The van der Waals surface area contributed by atoms with E-state index < -0.39 is 11.2 Å². The van der Waals surface area contributed by atoms with Crippen molar-refractivity contribution in [2.24, 2.45) is 5.41 Å². The highest BCUT2D eigenvalue weighted by Crippen LogP contribution is 2.37. The van der Waals surface area contributed by atoms with E-state index in [0.29, 0.717) is 19.4 Å². The average molecular weight is 432 g/mol. The largest absolute Gasteiger partial charge is 0.348 e. The van der Waals surface area contributed by atoms with Crippen LogP contribution in [-0.2, 0) is 11.2 Å². The Bertz CT molecular complexity index is 1130. The maximum atomic E-state index is 14.2. The number of pyridine rings is 1. The molecule has 0 aliphatic carbocycles. The van der Waals surface area contributed by atoms with Gasteiger partial charge in [-0.1, -0.05) is 36.4 Å². The maximum absolute atomic E-state index is 14.2. The number of aromatic nitrogens is 1. The van der Waals surface area contributed by atoms with Gasteiger partial charge in [0, 0.05) is 39.6 Å². The summed E-state index contributed by atoms with van der Waals surface area (Å²) in [5.74, 6) is -0.934. The Morgan fingerprint density at radius 2 is 1.78 bits per heavy atom. The molecule has 0 unspecified atom stereocenters. The molecule has 6 heteroatoms. The smallest absolute Gasteiger partial charge is 0.256 e. The summed E-state index contributed by atoms with van der Waals surface area (Å²) in [4.78, 5) is 33.6. The molecule has 1 atom stereocenters. The molecule has 1 aliphatic heterocycles. The van der Waals surface area contributed by atoms with Gasteiger partial charge >= 0.3 is 0 Å². The zero-order valence-corrected chi connectivity index (χ0v) is 18.3. The van der Waals surface area contributed by atoms with Crippen molar-refractivity contribution in [3.05, 3.63) is 90.0 Å². The van der Waals surface area contributed by atoms with Crippen molar-refractivity contribution >= 4 is 11.8 Å². The van der Waals surface area contributed by atoms with Gasteiger partial charge in [-0.3, -0.25) is 14.6 Å². The first-order valence-corrected chi connectivity index (χ1v) is 10.6. The zero-order chi connectivity index (χ0) is 22.7. The second-order valence-electron chi connectivity index (χ2n) is 8.55. The van der Waals surface area contributed by atoms with Crippen LogP contribution < -0.4 is 0 Å². The lowest BCUT2D eigenvalue weighted by molar-refractivity contribution is -0.138. The number of benzene rings is 2. The van der Waals surface area contributed by atoms with Crippen LogP contribution in [0, 0.1) is 11.2 Å². The summed E-state index contributed by atoms with van der Waals surface area (Å²) in [5, 5.41) is 0. The van der Waals surface area contributed by atoms with E-state index in [2.05, 4.69) is 11.1 Å². The van der Waals surface area contributed by atoms with Crippen LogP contribution in [0.1, 0.15) is 22.3 Å². The summed E-state index contributed by atoms with van der Waals surface area (Å²) >= 11 is 0. The first-order chi connectivity index (χ1) is 15.4. The molecular weight excluding hydrogens is 405 g/mol. The van der Waals surface area contributed by atoms with Crippen molar-refractivity contribution in [1.82, 2.24) is 14.8 Å². The summed E-state index contributed by atoms with van der Waals surface area (Å²) in [6.07, 6.45) is 4.54. The first-order valence-electron chi connectivity index (χ1n) is 10.6. The monoisotopic (exact) mass is 431 g/mol. The molecule has 164 valence electrons. The third kappa shape index (κ3) is 4.26. The molecular formula is C26H26FN3O2. The molecule has 3 aromatic rings. The van der Waals surface area contributed by atoms with E-state index in [1.54, 1.807) is 48.4 Å². The molecule has 5 nitrogen and oxygen atoms in total. The minimum Gasteiger partial charge on any atom is -0.348 e. The quantitative estimate of drug-likeness (QED) is 0.612. The van der Waals surface area contributed by atoms with Gasteiger partial charge in [0.15, 0.2) is 0 Å². The lowest BCUT2D eigenvalue weighted by atomic mass is 9.79. The van der Waals surface area contributed by atoms with Gasteiger partial charge in [-0.25, -0.2) is 4.39 Å². The van der Waals surface area contributed by atoms with Crippen LogP contribution >= 0.6 is 0 Å². The van der Waals surface area contributed by atoms with E-state index in [1.807, 2.05) is 30.3 Å². The number of carbonyl (C=O) groups is 2. The Balaban J connectivity index is 1.62. The molecule has 1 saturated heterocycles. The van der Waals surface area contributed by atoms with Crippen molar-refractivity contribution < 1.29 is 14.0 Å². The molecule has 32 heavy (non-hydrogen) atoms. The second-order valence-corrected chi connectivity index (χ2v) is 8.55. The number of hydrogen-bond donors (Lipinski definition) is 0. The molecule has 1 aliphatic rings. The molecule has 0 N–H and O–H groups in total. The van der Waals surface area contributed by atoms with Crippen LogP contribution in [-0.4, -0.2) is 53.8 Å². The predicted octanol–water partition coefficient (Wildman–Crippen LogP) is 4.05. The van der Waals surface area contributed by atoms with E-state index in [1.165, 1.54) is 12.1 Å². The molecule has 1 fully saturated rings. The first kappa shape index (κ1) is 21.7. The summed E-state index contributed by atoms with van der Waals surface area (Å²) < 4.78 is 14.2. The lowest BCUT2D eigenvalue weighted by Gasteiger charge is -2.31. The molecule has 0 spiro atoms. The third-order valence-electron chi connectivity index (χ3n) is 6.09. The molecule has 0 bridgehead atoms. The van der Waals surface area contributed by atoms with Crippen LogP contribution in [0.3, 0.4) is 0 Å². The fourth-order valence-electron chi connectivity index (χ4n) is 4.52. The number of amides is 2. The Morgan fingerprint density at radius 1 is 1.03 bits per heavy atom. The van der Waals surface area contributed by atoms with E-state index in [9.17, 15) is 14.0 Å². The molecule has 4 rings (SSSR count). The molecule has 0 radical (unpaired) electrons. The topological polar surface area (TPSA) is 53.5 Å². The summed E-state index contributed by atoms with van der Waals surface area (Å²) in [6.45, 7) is 0.674. The van der Waals surface area contributed by atoms with E-state index in [0.717, 1.165) is 16.7 Å². The number of halogens is 1. The molecule has 2 heterocycles. The average Bonchev–Trinajstić information content (AvgIpc) is 3.24. The van der Waals surface area contributed by atoms with E-state index >= 15 is 0 Å². The minimum absolute atomic E-state index is 0.0179. The highest BCUT2D eigenvalue weighted by Gasteiger charge is 2.47. The Kier molecular flexibility index (Phi) is 6.04. The third-order valence-corrected chi connectivity index (χ3v) is 6.09. The SMILES string of the molecule is CN(C)C(=O)[C@@]1(Cc2cccc(-c3ccncc3)c2)CCN(C(=O)c2ccccc2F)C1. The van der Waals surface area contributed by atoms with Gasteiger partial charge < -0.3 is 9.80 Å². The maximum Gasteiger partial charge on any atom is 0.256 e. The van der Waals surface area contributed by atoms with E-state index in [-0.39, 0.29) is 23.9 Å². The Morgan fingerprint density at radius 3 is 2.50 bits per heavy atom. The van der Waals surface area contributed by atoms with Crippen molar-refractivity contribution in [2.75, 3.05) is 27.2 Å². The van der Waals surface area contributed by atoms with Crippen molar-refractivity contribution in [3.63, 3.8) is 0 Å². The van der Waals surface area contributed by atoms with Crippen molar-refractivity contribution in [3.8, 4) is 11.1 Å². The summed E-state index contributed by atoms with van der Waals surface area (Å²) in [7, 11) is 3.47. The summed E-state index contributed by atoms with van der Waals surface area (Å²) in [5.41, 5.74) is 2.42. The van der Waals surface area contributed by atoms with Crippen molar-refractivity contribution in [2.45, 2.75) is 12.8 Å². The number of likely N-dealkylation sites (tertiary alicyclic amines) is 1. The second kappa shape index (κ2) is 8.91. The highest BCUT2D eigenvalue weighted by molar-refractivity contribution is 5.95. The van der Waals surface area contributed by atoms with Gasteiger partial charge in [0.05, 0.1) is 11.0 Å². The molecule has 1 aromatic heterocycles. The number of hydrogen-bond acceptors (Lipinski definition) is 3. The van der Waals surface area contributed by atoms with Gasteiger partial charge in [0.1, 0.15) is 5.82 Å². The predicted molar refractivity (Wildman–Crippen MR) is 121 cm³/mol. The van der Waals surface area contributed by atoms with Gasteiger partial charge in [-0.2, -0.15) is 0 Å². The van der Waals surface area contributed by atoms with E-state index in [4.69, 9.17) is 0 Å². The Hall–Kier alpha value is -3.54. The lowest BCUT2D eigenvalue weighted by Crippen LogP contribution is -2.44. The zero-order valence-electron chi connectivity index (χ0n) is 18.3. The van der Waals surface area contributed by atoms with Crippen molar-refractivity contribution in [1.29, 1.82) is 0 Å².